The summed E-state index contributed by atoms with van der Waals surface area (Å²) < 4.78 is 11.5. The molecule has 0 radical (unpaired) electrons. The standard InChI is InChI=1S/C20H17BrN2O4S/c1-26-18-7-5-13(21)10-16(18)19(25)23-20(28)22-14-4-2-3-12(9-14)17-8-6-15(11-24)27-17/h2-10,24H,11H2,1H3,(H2,22,23,25,28). The van der Waals surface area contributed by atoms with Crippen LogP contribution in [0.4, 0.5) is 5.69 Å². The average Bonchev–Trinajstić information content (AvgIpc) is 3.17. The third kappa shape index (κ3) is 4.78. The number of methoxy groups -OCH3 is 1. The Labute approximate surface area is 175 Å². The van der Waals surface area contributed by atoms with Crippen molar-refractivity contribution in [2.45, 2.75) is 6.61 Å². The lowest BCUT2D eigenvalue weighted by Crippen LogP contribution is -2.34. The Hall–Kier alpha value is -2.68. The lowest BCUT2D eigenvalue weighted by atomic mass is 10.1. The number of rotatable bonds is 5. The first-order chi connectivity index (χ1) is 13.5. The molecule has 1 aromatic heterocycles. The molecule has 8 heteroatoms. The summed E-state index contributed by atoms with van der Waals surface area (Å²) in [5.41, 5.74) is 1.86. The lowest BCUT2D eigenvalue weighted by molar-refractivity contribution is 0.0974. The summed E-state index contributed by atoms with van der Waals surface area (Å²) >= 11 is 8.60. The Morgan fingerprint density at radius 3 is 2.75 bits per heavy atom. The normalized spacial score (nSPS) is 10.4. The van der Waals surface area contributed by atoms with Gasteiger partial charge in [-0.05, 0) is 54.7 Å². The molecule has 1 heterocycles. The molecule has 144 valence electrons. The minimum absolute atomic E-state index is 0.152. The fourth-order valence-corrected chi connectivity index (χ4v) is 3.13. The Kier molecular flexibility index (Phi) is 6.45. The number of furan rings is 1. The number of thiocarbonyl (C=S) groups is 1. The molecule has 2 aromatic carbocycles. The maximum absolute atomic E-state index is 12.5. The highest BCUT2D eigenvalue weighted by atomic mass is 79.9. The smallest absolute Gasteiger partial charge is 0.261 e. The van der Waals surface area contributed by atoms with E-state index in [0.29, 0.717) is 28.5 Å². The van der Waals surface area contributed by atoms with E-state index in [1.165, 1.54) is 7.11 Å². The number of nitrogens with one attached hydrogen (secondary N) is 2. The molecule has 0 spiro atoms. The van der Waals surface area contributed by atoms with E-state index in [4.69, 9.17) is 26.5 Å². The van der Waals surface area contributed by atoms with Gasteiger partial charge in [-0.1, -0.05) is 28.1 Å². The third-order valence-corrected chi connectivity index (χ3v) is 4.55. The van der Waals surface area contributed by atoms with Gasteiger partial charge in [0, 0.05) is 15.7 Å². The predicted octanol–water partition coefficient (Wildman–Crippen LogP) is 4.34. The van der Waals surface area contributed by atoms with Crippen LogP contribution in [0.25, 0.3) is 11.3 Å². The summed E-state index contributed by atoms with van der Waals surface area (Å²) in [6.07, 6.45) is 0. The van der Waals surface area contributed by atoms with Gasteiger partial charge in [-0.15, -0.1) is 0 Å². The highest BCUT2D eigenvalue weighted by Gasteiger charge is 2.14. The number of amides is 1. The molecule has 0 saturated carbocycles. The fourth-order valence-electron chi connectivity index (χ4n) is 2.56. The number of ether oxygens (including phenoxy) is 1. The zero-order valence-electron chi connectivity index (χ0n) is 14.9. The maximum Gasteiger partial charge on any atom is 0.261 e. The third-order valence-electron chi connectivity index (χ3n) is 3.86. The van der Waals surface area contributed by atoms with Gasteiger partial charge in [0.05, 0.1) is 12.7 Å². The van der Waals surface area contributed by atoms with Crippen LogP contribution in [-0.4, -0.2) is 23.2 Å². The molecule has 0 bridgehead atoms. The molecule has 3 N–H and O–H groups in total. The van der Waals surface area contributed by atoms with Crippen molar-refractivity contribution in [2.24, 2.45) is 0 Å². The van der Waals surface area contributed by atoms with E-state index >= 15 is 0 Å². The van der Waals surface area contributed by atoms with Gasteiger partial charge in [0.15, 0.2) is 5.11 Å². The van der Waals surface area contributed by atoms with Gasteiger partial charge in [-0.25, -0.2) is 0 Å². The number of aliphatic hydroxyl groups excluding tert-OH is 1. The Bertz CT molecular complexity index is 1020. The average molecular weight is 461 g/mol. The molecule has 3 aromatic rings. The number of halogens is 1. The van der Waals surface area contributed by atoms with Crippen molar-refractivity contribution >= 4 is 44.9 Å². The van der Waals surface area contributed by atoms with E-state index in [0.717, 1.165) is 10.0 Å². The minimum atomic E-state index is -0.384. The van der Waals surface area contributed by atoms with Gasteiger partial charge >= 0.3 is 0 Å². The SMILES string of the molecule is COc1ccc(Br)cc1C(=O)NC(=S)Nc1cccc(-c2ccc(CO)o2)c1. The summed E-state index contributed by atoms with van der Waals surface area (Å²) in [5, 5.41) is 14.9. The van der Waals surface area contributed by atoms with Crippen molar-refractivity contribution in [1.29, 1.82) is 0 Å². The minimum Gasteiger partial charge on any atom is -0.496 e. The highest BCUT2D eigenvalue weighted by Crippen LogP contribution is 2.25. The maximum atomic E-state index is 12.5. The summed E-state index contributed by atoms with van der Waals surface area (Å²) in [6.45, 7) is -0.160. The number of carbonyl (C=O) groups excluding carboxylic acids is 1. The topological polar surface area (TPSA) is 83.7 Å². The van der Waals surface area contributed by atoms with Crippen LogP contribution < -0.4 is 15.4 Å². The van der Waals surface area contributed by atoms with Crippen LogP contribution in [0.5, 0.6) is 5.75 Å². The van der Waals surface area contributed by atoms with Gasteiger partial charge in [0.1, 0.15) is 23.9 Å². The van der Waals surface area contributed by atoms with Gasteiger partial charge < -0.3 is 19.6 Å². The molecule has 0 saturated heterocycles. The summed E-state index contributed by atoms with van der Waals surface area (Å²) in [4.78, 5) is 12.5. The monoisotopic (exact) mass is 460 g/mol. The van der Waals surface area contributed by atoms with Crippen LogP contribution in [0, 0.1) is 0 Å². The van der Waals surface area contributed by atoms with Crippen molar-refractivity contribution in [2.75, 3.05) is 12.4 Å². The second-order valence-corrected chi connectivity index (χ2v) is 7.08. The van der Waals surface area contributed by atoms with Gasteiger partial charge in [-0.2, -0.15) is 0 Å². The number of carbonyl (C=O) groups is 1. The number of aliphatic hydroxyl groups is 1. The molecule has 0 aliphatic carbocycles. The van der Waals surface area contributed by atoms with E-state index in [1.807, 2.05) is 24.3 Å². The van der Waals surface area contributed by atoms with Gasteiger partial charge in [0.2, 0.25) is 0 Å². The number of benzene rings is 2. The van der Waals surface area contributed by atoms with Crippen LogP contribution in [0.15, 0.2) is 63.5 Å². The molecule has 6 nitrogen and oxygen atoms in total. The number of hydrogen-bond donors (Lipinski definition) is 3. The number of hydrogen-bond acceptors (Lipinski definition) is 5. The molecular weight excluding hydrogens is 444 g/mol. The van der Waals surface area contributed by atoms with Crippen LogP contribution in [-0.2, 0) is 6.61 Å². The predicted molar refractivity (Wildman–Crippen MR) is 114 cm³/mol. The summed E-state index contributed by atoms with van der Waals surface area (Å²) in [5.74, 6) is 1.18. The van der Waals surface area contributed by atoms with Crippen molar-refractivity contribution in [1.82, 2.24) is 5.32 Å². The number of anilines is 1. The molecule has 0 aliphatic rings. The molecule has 28 heavy (non-hydrogen) atoms. The van der Waals surface area contributed by atoms with Gasteiger partial charge in [-0.3, -0.25) is 10.1 Å². The lowest BCUT2D eigenvalue weighted by Gasteiger charge is -2.12. The molecule has 0 aliphatic heterocycles. The molecular formula is C20H17BrN2O4S. The summed E-state index contributed by atoms with van der Waals surface area (Å²) in [6, 6.07) is 16.0. The Morgan fingerprint density at radius 2 is 2.04 bits per heavy atom. The second kappa shape index (κ2) is 9.01. The van der Waals surface area contributed by atoms with E-state index in [1.54, 1.807) is 30.3 Å². The first-order valence-electron chi connectivity index (χ1n) is 8.26. The van der Waals surface area contributed by atoms with Gasteiger partial charge in [0.25, 0.3) is 5.91 Å². The van der Waals surface area contributed by atoms with Crippen LogP contribution >= 0.6 is 28.1 Å². The Balaban J connectivity index is 1.71. The molecule has 0 atom stereocenters. The zero-order chi connectivity index (χ0) is 20.1. The van der Waals surface area contributed by atoms with Crippen LogP contribution in [0.3, 0.4) is 0 Å². The Morgan fingerprint density at radius 1 is 1.21 bits per heavy atom. The fraction of sp³-hybridized carbons (Fsp3) is 0.100. The highest BCUT2D eigenvalue weighted by molar-refractivity contribution is 9.10. The van der Waals surface area contributed by atoms with Crippen LogP contribution in [0.1, 0.15) is 16.1 Å². The van der Waals surface area contributed by atoms with Crippen molar-refractivity contribution < 1.29 is 19.1 Å². The van der Waals surface area contributed by atoms with E-state index in [2.05, 4.69) is 26.6 Å². The van der Waals surface area contributed by atoms with Crippen molar-refractivity contribution in [3.63, 3.8) is 0 Å². The largest absolute Gasteiger partial charge is 0.496 e. The van der Waals surface area contributed by atoms with Crippen LogP contribution in [0.2, 0.25) is 0 Å². The van der Waals surface area contributed by atoms with E-state index < -0.39 is 0 Å². The molecule has 0 unspecified atom stereocenters. The second-order valence-electron chi connectivity index (χ2n) is 5.76. The molecule has 1 amide bonds. The van der Waals surface area contributed by atoms with Crippen molar-refractivity contribution in [3.8, 4) is 17.1 Å². The quantitative estimate of drug-likeness (QED) is 0.491. The molecule has 3 rings (SSSR count). The summed E-state index contributed by atoms with van der Waals surface area (Å²) in [7, 11) is 1.50. The van der Waals surface area contributed by atoms with Crippen molar-refractivity contribution in [3.05, 3.63) is 70.4 Å². The van der Waals surface area contributed by atoms with E-state index in [-0.39, 0.29) is 17.6 Å². The van der Waals surface area contributed by atoms with E-state index in [9.17, 15) is 4.79 Å². The first-order valence-corrected chi connectivity index (χ1v) is 9.46. The molecule has 0 fully saturated rings. The zero-order valence-corrected chi connectivity index (χ0v) is 17.3. The first kappa shape index (κ1) is 20.1.